The number of hydrogen-bond donors (Lipinski definition) is 1. The Morgan fingerprint density at radius 1 is 1.44 bits per heavy atom. The van der Waals surface area contributed by atoms with Crippen molar-refractivity contribution < 1.29 is 14.2 Å². The summed E-state index contributed by atoms with van der Waals surface area (Å²) in [5.41, 5.74) is 0.958. The molecule has 1 aliphatic rings. The standard InChI is InChI=1S/C11H14ClNO3/c1-13-6-7-5-8-11(16-4-3-15-8)9(12)10(7)14-2/h5,13H,3-4,6H2,1-2H3. The number of hydrogen-bond acceptors (Lipinski definition) is 4. The molecule has 1 aromatic rings. The zero-order valence-electron chi connectivity index (χ0n) is 9.30. The summed E-state index contributed by atoms with van der Waals surface area (Å²) in [6, 6.07) is 1.90. The van der Waals surface area contributed by atoms with Crippen LogP contribution in [-0.4, -0.2) is 27.4 Å². The van der Waals surface area contributed by atoms with Gasteiger partial charge in [-0.1, -0.05) is 11.6 Å². The van der Waals surface area contributed by atoms with Crippen LogP contribution >= 0.6 is 11.6 Å². The predicted molar refractivity (Wildman–Crippen MR) is 61.8 cm³/mol. The molecule has 0 radical (unpaired) electrons. The van der Waals surface area contributed by atoms with Crippen molar-refractivity contribution >= 4 is 11.6 Å². The fourth-order valence-corrected chi connectivity index (χ4v) is 2.07. The van der Waals surface area contributed by atoms with Crippen molar-refractivity contribution in [2.45, 2.75) is 6.54 Å². The first-order valence-electron chi connectivity index (χ1n) is 5.07. The average Bonchev–Trinajstić information content (AvgIpc) is 2.30. The molecule has 1 aromatic carbocycles. The highest BCUT2D eigenvalue weighted by atomic mass is 35.5. The molecule has 16 heavy (non-hydrogen) atoms. The lowest BCUT2D eigenvalue weighted by Crippen LogP contribution is -2.17. The summed E-state index contributed by atoms with van der Waals surface area (Å²) in [6.45, 7) is 1.73. The van der Waals surface area contributed by atoms with E-state index in [0.29, 0.717) is 42.0 Å². The molecule has 0 saturated carbocycles. The van der Waals surface area contributed by atoms with E-state index in [0.717, 1.165) is 5.56 Å². The Hall–Kier alpha value is -1.13. The summed E-state index contributed by atoms with van der Waals surface area (Å²) in [4.78, 5) is 0. The molecule has 0 amide bonds. The first-order chi connectivity index (χ1) is 7.77. The summed E-state index contributed by atoms with van der Waals surface area (Å²) >= 11 is 6.21. The second-order valence-corrected chi connectivity index (χ2v) is 3.82. The van der Waals surface area contributed by atoms with Crippen LogP contribution in [-0.2, 0) is 6.54 Å². The van der Waals surface area contributed by atoms with Crippen molar-refractivity contribution in [3.8, 4) is 17.2 Å². The highest BCUT2D eigenvalue weighted by Crippen LogP contribution is 2.45. The van der Waals surface area contributed by atoms with Gasteiger partial charge in [0.05, 0.1) is 7.11 Å². The molecule has 2 rings (SSSR count). The van der Waals surface area contributed by atoms with Crippen molar-refractivity contribution in [3.05, 3.63) is 16.7 Å². The summed E-state index contributed by atoms with van der Waals surface area (Å²) in [5, 5.41) is 3.53. The summed E-state index contributed by atoms with van der Waals surface area (Å²) < 4.78 is 16.3. The van der Waals surface area contributed by atoms with Crippen LogP contribution in [0.25, 0.3) is 0 Å². The third-order valence-corrected chi connectivity index (χ3v) is 2.72. The smallest absolute Gasteiger partial charge is 0.183 e. The molecule has 0 saturated heterocycles. The molecule has 88 valence electrons. The molecule has 0 bridgehead atoms. The molecule has 1 heterocycles. The van der Waals surface area contributed by atoms with Crippen LogP contribution in [0.2, 0.25) is 5.02 Å². The average molecular weight is 244 g/mol. The normalized spacial score (nSPS) is 13.7. The van der Waals surface area contributed by atoms with Crippen molar-refractivity contribution in [3.63, 3.8) is 0 Å². The molecule has 0 fully saturated rings. The van der Waals surface area contributed by atoms with Crippen LogP contribution < -0.4 is 19.5 Å². The Labute approximate surface area is 99.4 Å². The molecule has 5 heteroatoms. The zero-order valence-corrected chi connectivity index (χ0v) is 10.1. The monoisotopic (exact) mass is 243 g/mol. The maximum Gasteiger partial charge on any atom is 0.183 e. The fraction of sp³-hybridized carbons (Fsp3) is 0.455. The van der Waals surface area contributed by atoms with Gasteiger partial charge in [-0.25, -0.2) is 0 Å². The molecule has 0 unspecified atom stereocenters. The number of ether oxygens (including phenoxy) is 3. The van der Waals surface area contributed by atoms with E-state index in [2.05, 4.69) is 5.32 Å². The SMILES string of the molecule is CNCc1cc2c(c(Cl)c1OC)OCCO2. The molecular weight excluding hydrogens is 230 g/mol. The first kappa shape index (κ1) is 11.4. The van der Waals surface area contributed by atoms with Crippen LogP contribution in [0.5, 0.6) is 17.2 Å². The largest absolute Gasteiger partial charge is 0.495 e. The van der Waals surface area contributed by atoms with Gasteiger partial charge < -0.3 is 19.5 Å². The van der Waals surface area contributed by atoms with Gasteiger partial charge in [-0.05, 0) is 13.1 Å². The van der Waals surface area contributed by atoms with Gasteiger partial charge in [-0.15, -0.1) is 0 Å². The summed E-state index contributed by atoms with van der Waals surface area (Å²) in [6.07, 6.45) is 0. The number of benzene rings is 1. The van der Waals surface area contributed by atoms with Gasteiger partial charge in [0.25, 0.3) is 0 Å². The van der Waals surface area contributed by atoms with Gasteiger partial charge in [0.1, 0.15) is 24.0 Å². The number of rotatable bonds is 3. The van der Waals surface area contributed by atoms with E-state index in [1.807, 2.05) is 13.1 Å². The van der Waals surface area contributed by atoms with E-state index in [-0.39, 0.29) is 0 Å². The minimum Gasteiger partial charge on any atom is -0.495 e. The van der Waals surface area contributed by atoms with Crippen molar-refractivity contribution in [2.75, 3.05) is 27.4 Å². The Morgan fingerprint density at radius 2 is 2.19 bits per heavy atom. The minimum atomic E-state index is 0.477. The summed E-state index contributed by atoms with van der Waals surface area (Å²) in [5.74, 6) is 1.90. The molecule has 0 spiro atoms. The lowest BCUT2D eigenvalue weighted by Gasteiger charge is -2.22. The first-order valence-corrected chi connectivity index (χ1v) is 5.45. The molecule has 0 aliphatic carbocycles. The maximum atomic E-state index is 6.21. The number of halogens is 1. The molecule has 0 atom stereocenters. The lowest BCUT2D eigenvalue weighted by atomic mass is 10.1. The van der Waals surface area contributed by atoms with Crippen LogP contribution in [0.15, 0.2) is 6.07 Å². The van der Waals surface area contributed by atoms with Crippen molar-refractivity contribution in [1.82, 2.24) is 5.32 Å². The van der Waals surface area contributed by atoms with Gasteiger partial charge in [-0.3, -0.25) is 0 Å². The van der Waals surface area contributed by atoms with Gasteiger partial charge in [0, 0.05) is 12.1 Å². The minimum absolute atomic E-state index is 0.477. The Balaban J connectivity index is 2.50. The fourth-order valence-electron chi connectivity index (χ4n) is 1.72. The van der Waals surface area contributed by atoms with E-state index >= 15 is 0 Å². The Morgan fingerprint density at radius 3 is 2.88 bits per heavy atom. The number of methoxy groups -OCH3 is 1. The van der Waals surface area contributed by atoms with Gasteiger partial charge in [0.2, 0.25) is 0 Å². The third kappa shape index (κ3) is 1.90. The van der Waals surface area contributed by atoms with Crippen LogP contribution in [0.3, 0.4) is 0 Å². The van der Waals surface area contributed by atoms with E-state index < -0.39 is 0 Å². The highest BCUT2D eigenvalue weighted by molar-refractivity contribution is 6.34. The van der Waals surface area contributed by atoms with Crippen LogP contribution in [0.1, 0.15) is 5.56 Å². The predicted octanol–water partition coefficient (Wildman–Crippen LogP) is 1.84. The van der Waals surface area contributed by atoms with E-state index in [4.69, 9.17) is 25.8 Å². The topological polar surface area (TPSA) is 39.7 Å². The highest BCUT2D eigenvalue weighted by Gasteiger charge is 2.22. The van der Waals surface area contributed by atoms with Crippen molar-refractivity contribution in [2.24, 2.45) is 0 Å². The second-order valence-electron chi connectivity index (χ2n) is 3.44. The second kappa shape index (κ2) is 4.80. The third-order valence-electron chi connectivity index (χ3n) is 2.38. The number of fused-ring (bicyclic) bond motifs is 1. The van der Waals surface area contributed by atoms with Crippen LogP contribution in [0.4, 0.5) is 0 Å². The molecule has 1 aliphatic heterocycles. The Kier molecular flexibility index (Phi) is 3.41. The molecule has 0 aromatic heterocycles. The maximum absolute atomic E-state index is 6.21. The summed E-state index contributed by atoms with van der Waals surface area (Å²) in [7, 11) is 3.46. The lowest BCUT2D eigenvalue weighted by molar-refractivity contribution is 0.170. The van der Waals surface area contributed by atoms with E-state index in [1.165, 1.54) is 0 Å². The van der Waals surface area contributed by atoms with Gasteiger partial charge in [0.15, 0.2) is 11.5 Å². The quantitative estimate of drug-likeness (QED) is 0.880. The Bertz CT molecular complexity index is 395. The molecule has 4 nitrogen and oxygen atoms in total. The molecular formula is C11H14ClNO3. The molecule has 1 N–H and O–H groups in total. The zero-order chi connectivity index (χ0) is 11.5. The van der Waals surface area contributed by atoms with Gasteiger partial charge in [-0.2, -0.15) is 0 Å². The van der Waals surface area contributed by atoms with Gasteiger partial charge >= 0.3 is 0 Å². The van der Waals surface area contributed by atoms with E-state index in [9.17, 15) is 0 Å². The van der Waals surface area contributed by atoms with Crippen LogP contribution in [0, 0.1) is 0 Å². The van der Waals surface area contributed by atoms with E-state index in [1.54, 1.807) is 7.11 Å². The number of nitrogens with one attached hydrogen (secondary N) is 1. The van der Waals surface area contributed by atoms with Crippen molar-refractivity contribution in [1.29, 1.82) is 0 Å².